The van der Waals surface area contributed by atoms with E-state index in [2.05, 4.69) is 20.5 Å². The Morgan fingerprint density at radius 2 is 1.86 bits per heavy atom. The smallest absolute Gasteiger partial charge is 0.280 e. The minimum atomic E-state index is -0.488. The molecule has 2 N–H and O–H groups in total. The van der Waals surface area contributed by atoms with Crippen molar-refractivity contribution in [1.82, 2.24) is 25.1 Å². The maximum Gasteiger partial charge on any atom is 0.280 e. The molecule has 0 atom stereocenters. The van der Waals surface area contributed by atoms with Crippen LogP contribution in [0.1, 0.15) is 51.0 Å². The van der Waals surface area contributed by atoms with Crippen LogP contribution < -0.4 is 10.5 Å². The summed E-state index contributed by atoms with van der Waals surface area (Å²) in [6, 6.07) is 7.71. The highest BCUT2D eigenvalue weighted by Gasteiger charge is 2.36. The number of nitrogens with two attached hydrogens (primary N) is 1. The first-order chi connectivity index (χ1) is 13.0. The summed E-state index contributed by atoms with van der Waals surface area (Å²) in [5, 5.41) is 12.6. The number of benzene rings is 1. The molecule has 150 valence electrons. The van der Waals surface area contributed by atoms with Gasteiger partial charge in [-0.3, -0.25) is 0 Å². The van der Waals surface area contributed by atoms with Crippen LogP contribution in [0.2, 0.25) is 0 Å². The highest BCUT2D eigenvalue weighted by molar-refractivity contribution is 5.85. The molecule has 8 nitrogen and oxygen atoms in total. The summed E-state index contributed by atoms with van der Waals surface area (Å²) in [6.45, 7) is 5.92. The van der Waals surface area contributed by atoms with Crippen LogP contribution in [0.5, 0.6) is 5.75 Å². The second kappa shape index (κ2) is 7.89. The van der Waals surface area contributed by atoms with Gasteiger partial charge in [0.15, 0.2) is 11.5 Å². The van der Waals surface area contributed by atoms with Gasteiger partial charge in [-0.2, -0.15) is 4.98 Å². The molecule has 1 aliphatic carbocycles. The van der Waals surface area contributed by atoms with E-state index in [1.165, 1.54) is 0 Å². The lowest BCUT2D eigenvalue weighted by Gasteiger charge is -2.17. The van der Waals surface area contributed by atoms with Gasteiger partial charge in [-0.05, 0) is 57.9 Å². The molecule has 1 fully saturated rings. The number of nitrogens with zero attached hydrogens (tertiary/aromatic N) is 5. The first-order valence-electron chi connectivity index (χ1n) is 9.29. The highest BCUT2D eigenvalue weighted by Crippen LogP contribution is 2.35. The van der Waals surface area contributed by atoms with E-state index in [9.17, 15) is 0 Å². The minimum absolute atomic E-state index is 0. The van der Waals surface area contributed by atoms with Crippen molar-refractivity contribution in [2.24, 2.45) is 5.73 Å². The maximum atomic E-state index is 6.42. The lowest BCUT2D eigenvalue weighted by Crippen LogP contribution is -2.34. The molecule has 0 unspecified atom stereocenters. The summed E-state index contributed by atoms with van der Waals surface area (Å²) < 4.78 is 12.9. The molecule has 3 aromatic rings. The summed E-state index contributed by atoms with van der Waals surface area (Å²) in [7, 11) is 0. The Hall–Kier alpha value is -2.45. The number of hydrogen-bond acceptors (Lipinski definition) is 7. The topological polar surface area (TPSA) is 105 Å². The zero-order valence-corrected chi connectivity index (χ0v) is 17.1. The first-order valence-corrected chi connectivity index (χ1v) is 9.29. The van der Waals surface area contributed by atoms with Gasteiger partial charge < -0.3 is 15.0 Å². The molecule has 0 amide bonds. The fourth-order valence-corrected chi connectivity index (χ4v) is 3.46. The van der Waals surface area contributed by atoms with E-state index in [-0.39, 0.29) is 18.5 Å². The van der Waals surface area contributed by atoms with Crippen molar-refractivity contribution in [2.75, 3.05) is 0 Å². The quantitative estimate of drug-likeness (QED) is 0.692. The van der Waals surface area contributed by atoms with Crippen molar-refractivity contribution in [2.45, 2.75) is 58.1 Å². The third kappa shape index (κ3) is 3.74. The molecule has 0 bridgehead atoms. The van der Waals surface area contributed by atoms with Crippen LogP contribution in [0.3, 0.4) is 0 Å². The Morgan fingerprint density at radius 3 is 2.50 bits per heavy atom. The summed E-state index contributed by atoms with van der Waals surface area (Å²) in [5.41, 5.74) is 8.20. The van der Waals surface area contributed by atoms with Crippen molar-refractivity contribution in [3.8, 4) is 23.0 Å². The molecule has 9 heteroatoms. The van der Waals surface area contributed by atoms with Crippen molar-refractivity contribution in [1.29, 1.82) is 0 Å². The van der Waals surface area contributed by atoms with Crippen LogP contribution >= 0.6 is 12.4 Å². The molecule has 1 saturated carbocycles. The average Bonchev–Trinajstić information content (AvgIpc) is 3.35. The molecule has 0 aliphatic heterocycles. The molecule has 1 aliphatic rings. The molecule has 0 radical (unpaired) electrons. The van der Waals surface area contributed by atoms with Crippen molar-refractivity contribution in [3.05, 3.63) is 35.8 Å². The number of ether oxygens (including phenoxy) is 1. The monoisotopic (exact) mass is 404 g/mol. The Balaban J connectivity index is 0.00000225. The lowest BCUT2D eigenvalue weighted by molar-refractivity contribution is 0.242. The van der Waals surface area contributed by atoms with E-state index in [1.54, 1.807) is 4.68 Å². The lowest BCUT2D eigenvalue weighted by atomic mass is 9.99. The van der Waals surface area contributed by atoms with Gasteiger partial charge in [0.25, 0.3) is 5.89 Å². The number of hydrogen-bond donors (Lipinski definition) is 1. The predicted octanol–water partition coefficient (Wildman–Crippen LogP) is 3.56. The van der Waals surface area contributed by atoms with E-state index >= 15 is 0 Å². The standard InChI is InChI=1S/C19H24N6O2.ClH/c1-12(2)26-15-8-6-14(7-9-15)25-13(3)16(22-24-25)17-21-18(23-27-17)19(20)10-4-5-11-19;/h6-9,12H,4-5,10-11,20H2,1-3H3;1H. The Labute approximate surface area is 169 Å². The second-order valence-electron chi connectivity index (χ2n) is 7.38. The second-order valence-corrected chi connectivity index (χ2v) is 7.38. The SMILES string of the molecule is Cc1c(-c2nc(C3(N)CCCC3)no2)nnn1-c1ccc(OC(C)C)cc1.Cl. The van der Waals surface area contributed by atoms with Gasteiger partial charge in [-0.25, -0.2) is 4.68 Å². The van der Waals surface area contributed by atoms with Crippen LogP contribution in [0, 0.1) is 6.92 Å². The molecular weight excluding hydrogens is 380 g/mol. The third-order valence-corrected chi connectivity index (χ3v) is 4.92. The van der Waals surface area contributed by atoms with Crippen LogP contribution in [-0.2, 0) is 5.54 Å². The fourth-order valence-electron chi connectivity index (χ4n) is 3.46. The minimum Gasteiger partial charge on any atom is -0.491 e. The summed E-state index contributed by atoms with van der Waals surface area (Å²) in [6.07, 6.45) is 4.07. The van der Waals surface area contributed by atoms with E-state index < -0.39 is 5.54 Å². The van der Waals surface area contributed by atoms with Crippen molar-refractivity contribution in [3.63, 3.8) is 0 Å². The van der Waals surface area contributed by atoms with Gasteiger partial charge >= 0.3 is 0 Å². The van der Waals surface area contributed by atoms with E-state index in [4.69, 9.17) is 15.0 Å². The molecule has 0 spiro atoms. The normalized spacial score (nSPS) is 15.6. The molecule has 4 rings (SSSR count). The number of aromatic nitrogens is 5. The van der Waals surface area contributed by atoms with Gasteiger partial charge in [0.05, 0.1) is 23.0 Å². The average molecular weight is 405 g/mol. The third-order valence-electron chi connectivity index (χ3n) is 4.92. The molecule has 28 heavy (non-hydrogen) atoms. The Kier molecular flexibility index (Phi) is 5.71. The fraction of sp³-hybridized carbons (Fsp3) is 0.474. The maximum absolute atomic E-state index is 6.42. The molecule has 0 saturated heterocycles. The van der Waals surface area contributed by atoms with E-state index in [0.29, 0.717) is 17.4 Å². The van der Waals surface area contributed by atoms with E-state index in [0.717, 1.165) is 42.8 Å². The largest absolute Gasteiger partial charge is 0.491 e. The van der Waals surface area contributed by atoms with Crippen LogP contribution in [0.25, 0.3) is 17.3 Å². The molecule has 2 aromatic heterocycles. The Bertz CT molecular complexity index is 928. The van der Waals surface area contributed by atoms with Crippen LogP contribution in [0.4, 0.5) is 0 Å². The van der Waals surface area contributed by atoms with Gasteiger partial charge in [-0.15, -0.1) is 17.5 Å². The van der Waals surface area contributed by atoms with Gasteiger partial charge in [0.2, 0.25) is 0 Å². The zero-order valence-electron chi connectivity index (χ0n) is 16.3. The highest BCUT2D eigenvalue weighted by atomic mass is 35.5. The van der Waals surface area contributed by atoms with Gasteiger partial charge in [-0.1, -0.05) is 23.2 Å². The molecule has 2 heterocycles. The summed E-state index contributed by atoms with van der Waals surface area (Å²) in [5.74, 6) is 1.72. The van der Waals surface area contributed by atoms with Crippen LogP contribution in [-0.4, -0.2) is 31.2 Å². The van der Waals surface area contributed by atoms with Crippen molar-refractivity contribution >= 4 is 12.4 Å². The molecule has 1 aromatic carbocycles. The van der Waals surface area contributed by atoms with Crippen molar-refractivity contribution < 1.29 is 9.26 Å². The van der Waals surface area contributed by atoms with Gasteiger partial charge in [0.1, 0.15) is 5.75 Å². The van der Waals surface area contributed by atoms with Gasteiger partial charge in [0, 0.05) is 0 Å². The number of rotatable bonds is 5. The zero-order chi connectivity index (χ0) is 19.0. The Morgan fingerprint density at radius 1 is 1.18 bits per heavy atom. The first kappa shape index (κ1) is 20.3. The molecular formula is C19H25ClN6O2. The van der Waals surface area contributed by atoms with Crippen LogP contribution in [0.15, 0.2) is 28.8 Å². The number of halogens is 1. The predicted molar refractivity (Wildman–Crippen MR) is 107 cm³/mol. The summed E-state index contributed by atoms with van der Waals surface area (Å²) in [4.78, 5) is 4.51. The summed E-state index contributed by atoms with van der Waals surface area (Å²) >= 11 is 0. The van der Waals surface area contributed by atoms with E-state index in [1.807, 2.05) is 45.0 Å².